The Kier molecular flexibility index (Phi) is 7.34. The lowest BCUT2D eigenvalue weighted by atomic mass is 9.93. The molecule has 6 rings (SSSR count). The van der Waals surface area contributed by atoms with E-state index in [4.69, 9.17) is 18.1 Å². The zero-order chi connectivity index (χ0) is 26.8. The van der Waals surface area contributed by atoms with Gasteiger partial charge in [0.1, 0.15) is 0 Å². The van der Waals surface area contributed by atoms with E-state index < -0.39 is 20.6 Å². The molecule has 4 aromatic rings. The molecular formula is C29H28N2O6P2. The molecule has 0 bridgehead atoms. The molecular weight excluding hydrogens is 534 g/mol. The van der Waals surface area contributed by atoms with Gasteiger partial charge >= 0.3 is 15.2 Å². The van der Waals surface area contributed by atoms with E-state index in [1.54, 1.807) is 12.4 Å². The summed E-state index contributed by atoms with van der Waals surface area (Å²) in [6.45, 7) is 0.474. The highest BCUT2D eigenvalue weighted by atomic mass is 31.2. The van der Waals surface area contributed by atoms with Crippen LogP contribution in [0.1, 0.15) is 11.1 Å². The molecule has 2 saturated heterocycles. The lowest BCUT2D eigenvalue weighted by molar-refractivity contribution is -0.0690. The van der Waals surface area contributed by atoms with Crippen LogP contribution in [0.25, 0.3) is 22.5 Å². The van der Waals surface area contributed by atoms with Gasteiger partial charge in [0.25, 0.3) is 0 Å². The van der Waals surface area contributed by atoms with Gasteiger partial charge in [-0.3, -0.25) is 19.1 Å². The van der Waals surface area contributed by atoms with Gasteiger partial charge in [-0.25, -0.2) is 0 Å². The van der Waals surface area contributed by atoms with Crippen LogP contribution in [0.3, 0.4) is 0 Å². The summed E-state index contributed by atoms with van der Waals surface area (Å²) in [4.78, 5) is 8.99. The fourth-order valence-electron chi connectivity index (χ4n) is 4.71. The number of hydrogen-bond donors (Lipinski definition) is 0. The summed E-state index contributed by atoms with van der Waals surface area (Å²) in [6, 6.07) is 26.9. The van der Waals surface area contributed by atoms with Crippen molar-refractivity contribution < 1.29 is 27.2 Å². The van der Waals surface area contributed by atoms with Gasteiger partial charge in [0.15, 0.2) is 0 Å². The first kappa shape index (κ1) is 26.3. The number of pyridine rings is 2. The molecule has 39 heavy (non-hydrogen) atoms. The van der Waals surface area contributed by atoms with Crippen LogP contribution in [-0.2, 0) is 39.5 Å². The minimum atomic E-state index is -3.43. The van der Waals surface area contributed by atoms with E-state index in [-0.39, 0.29) is 38.8 Å². The fourth-order valence-corrected chi connectivity index (χ4v) is 8.45. The van der Waals surface area contributed by atoms with Gasteiger partial charge in [-0.15, -0.1) is 0 Å². The summed E-state index contributed by atoms with van der Waals surface area (Å²) in [6.07, 6.45) is 3.63. The molecule has 8 nitrogen and oxygen atoms in total. The van der Waals surface area contributed by atoms with E-state index in [9.17, 15) is 9.13 Å². The van der Waals surface area contributed by atoms with Gasteiger partial charge in [0.2, 0.25) is 0 Å². The molecule has 0 saturated carbocycles. The van der Waals surface area contributed by atoms with Crippen molar-refractivity contribution in [3.05, 3.63) is 108 Å². The molecule has 0 aliphatic carbocycles. The van der Waals surface area contributed by atoms with Gasteiger partial charge in [-0.2, -0.15) is 0 Å². The third-order valence-electron chi connectivity index (χ3n) is 6.87. The molecule has 0 unspecified atom stereocenters. The minimum Gasteiger partial charge on any atom is -0.307 e. The Balaban J connectivity index is 1.11. The summed E-state index contributed by atoms with van der Waals surface area (Å²) < 4.78 is 50.5. The van der Waals surface area contributed by atoms with Gasteiger partial charge < -0.3 is 18.1 Å². The number of nitrogens with zero attached hydrogens (tertiary/aromatic N) is 2. The van der Waals surface area contributed by atoms with Crippen LogP contribution < -0.4 is 0 Å². The maximum atomic E-state index is 13.5. The van der Waals surface area contributed by atoms with E-state index in [0.717, 1.165) is 33.6 Å². The van der Waals surface area contributed by atoms with Crippen molar-refractivity contribution >= 4 is 15.2 Å². The molecule has 0 atom stereocenters. The van der Waals surface area contributed by atoms with Gasteiger partial charge in [0.05, 0.1) is 55.6 Å². The zero-order valence-corrected chi connectivity index (χ0v) is 23.0. The van der Waals surface area contributed by atoms with E-state index in [2.05, 4.69) is 9.97 Å². The summed E-state index contributed by atoms with van der Waals surface area (Å²) in [5.74, 6) is 0. The molecule has 2 fully saturated rings. The van der Waals surface area contributed by atoms with Crippen molar-refractivity contribution in [3.8, 4) is 22.5 Å². The summed E-state index contributed by atoms with van der Waals surface area (Å²) in [5.41, 5.74) is 4.25. The Bertz CT molecular complexity index is 1410. The number of benzene rings is 2. The fraction of sp³-hybridized carbons (Fsp3) is 0.241. The lowest BCUT2D eigenvalue weighted by Crippen LogP contribution is -2.45. The van der Waals surface area contributed by atoms with E-state index >= 15 is 0 Å². The number of hydrogen-bond acceptors (Lipinski definition) is 8. The highest BCUT2D eigenvalue weighted by Crippen LogP contribution is 2.61. The predicted octanol–water partition coefficient (Wildman–Crippen LogP) is 6.98. The Morgan fingerprint density at radius 1 is 0.564 bits per heavy atom. The maximum Gasteiger partial charge on any atom is 0.335 e. The molecule has 2 aliphatic rings. The van der Waals surface area contributed by atoms with Crippen LogP contribution in [0.15, 0.2) is 97.3 Å². The van der Waals surface area contributed by atoms with Gasteiger partial charge in [-0.1, -0.05) is 72.8 Å². The zero-order valence-electron chi connectivity index (χ0n) is 21.2. The normalized spacial score (nSPS) is 26.9. The largest absolute Gasteiger partial charge is 0.335 e. The molecule has 2 aliphatic heterocycles. The first-order valence-corrected chi connectivity index (χ1v) is 16.2. The van der Waals surface area contributed by atoms with Crippen LogP contribution in [0, 0.1) is 5.41 Å². The van der Waals surface area contributed by atoms with Crippen molar-refractivity contribution in [3.63, 3.8) is 0 Å². The molecule has 2 aromatic carbocycles. The predicted molar refractivity (Wildman–Crippen MR) is 148 cm³/mol. The molecule has 4 heterocycles. The second-order valence-corrected chi connectivity index (χ2v) is 14.0. The molecule has 2 aromatic heterocycles. The van der Waals surface area contributed by atoms with Crippen molar-refractivity contribution in [1.82, 2.24) is 9.97 Å². The van der Waals surface area contributed by atoms with Gasteiger partial charge in [0, 0.05) is 23.5 Å². The second kappa shape index (κ2) is 10.9. The first-order valence-electron chi connectivity index (χ1n) is 12.7. The van der Waals surface area contributed by atoms with Crippen LogP contribution in [0.5, 0.6) is 0 Å². The molecule has 0 N–H and O–H groups in total. The maximum absolute atomic E-state index is 13.5. The topological polar surface area (TPSA) is 96.8 Å². The second-order valence-electron chi connectivity index (χ2n) is 9.89. The third-order valence-corrected chi connectivity index (χ3v) is 10.4. The van der Waals surface area contributed by atoms with E-state index in [0.29, 0.717) is 0 Å². The molecule has 0 amide bonds. The van der Waals surface area contributed by atoms with Crippen molar-refractivity contribution in [1.29, 1.82) is 0 Å². The smallest absolute Gasteiger partial charge is 0.307 e. The Labute approximate surface area is 227 Å². The minimum absolute atomic E-state index is 0.102. The van der Waals surface area contributed by atoms with Crippen molar-refractivity contribution in [2.24, 2.45) is 5.41 Å². The SMILES string of the molecule is O=P1(Cc2cccnc2-c2ccccc2)OCC2(CO1)COP(=O)(Cc1cccnc1-c1ccccc1)OC2. The molecule has 1 spiro atoms. The van der Waals surface area contributed by atoms with Gasteiger partial charge in [-0.05, 0) is 23.3 Å². The Morgan fingerprint density at radius 3 is 1.33 bits per heavy atom. The van der Waals surface area contributed by atoms with Crippen molar-refractivity contribution in [2.45, 2.75) is 12.3 Å². The molecule has 200 valence electrons. The quantitative estimate of drug-likeness (QED) is 0.232. The Morgan fingerprint density at radius 2 is 0.949 bits per heavy atom. The summed E-state index contributed by atoms with van der Waals surface area (Å²) in [5, 5.41) is 0. The van der Waals surface area contributed by atoms with E-state index in [1.807, 2.05) is 84.9 Å². The third kappa shape index (κ3) is 5.82. The highest BCUT2D eigenvalue weighted by Gasteiger charge is 2.48. The molecule has 10 heteroatoms. The summed E-state index contributed by atoms with van der Waals surface area (Å²) in [7, 11) is -6.86. The number of aromatic nitrogens is 2. The van der Waals surface area contributed by atoms with Crippen molar-refractivity contribution in [2.75, 3.05) is 26.4 Å². The average Bonchev–Trinajstić information content (AvgIpc) is 2.98. The Hall–Kier alpha value is -2.96. The lowest BCUT2D eigenvalue weighted by Gasteiger charge is -2.43. The summed E-state index contributed by atoms with van der Waals surface area (Å²) >= 11 is 0. The van der Waals surface area contributed by atoms with Crippen LogP contribution in [-0.4, -0.2) is 36.4 Å². The number of rotatable bonds is 6. The van der Waals surface area contributed by atoms with Crippen LogP contribution in [0.2, 0.25) is 0 Å². The molecule has 0 radical (unpaired) electrons. The highest BCUT2D eigenvalue weighted by molar-refractivity contribution is 7.53. The van der Waals surface area contributed by atoms with Crippen LogP contribution in [0.4, 0.5) is 0 Å². The van der Waals surface area contributed by atoms with E-state index in [1.165, 1.54) is 0 Å². The average molecular weight is 562 g/mol. The standard InChI is InChI=1S/C29H28N2O6P2/c32-38(17-25-13-7-15-30-27(25)23-9-3-1-4-10-23)34-19-29(20-35-38)21-36-39(33,37-22-29)18-26-14-8-16-31-28(26)24-11-5-2-6-12-24/h1-16H,17-22H2. The monoisotopic (exact) mass is 562 g/mol. The van der Waals surface area contributed by atoms with Crippen LogP contribution >= 0.6 is 15.2 Å². The first-order chi connectivity index (χ1) is 19.0.